The maximum Gasteiger partial charge on any atom is 0.0703 e. The normalized spacial score (nSPS) is 22.1. The average Bonchev–Trinajstić information content (AvgIpc) is 2.29. The summed E-state index contributed by atoms with van der Waals surface area (Å²) >= 11 is 0. The van der Waals surface area contributed by atoms with E-state index in [9.17, 15) is 0 Å². The molecule has 1 aromatic carbocycles. The van der Waals surface area contributed by atoms with Crippen LogP contribution < -0.4 is 5.32 Å². The van der Waals surface area contributed by atoms with Crippen molar-refractivity contribution in [2.75, 3.05) is 19.7 Å². The van der Waals surface area contributed by atoms with E-state index >= 15 is 0 Å². The fourth-order valence-electron chi connectivity index (χ4n) is 1.78. The molecule has 76 valence electrons. The summed E-state index contributed by atoms with van der Waals surface area (Å²) in [5.41, 5.74) is 1.40. The molecular weight excluding hydrogens is 174 g/mol. The summed E-state index contributed by atoms with van der Waals surface area (Å²) in [4.78, 5) is 0. The quantitative estimate of drug-likeness (QED) is 0.783. The summed E-state index contributed by atoms with van der Waals surface area (Å²) in [5.74, 6) is 0. The minimum absolute atomic E-state index is 0.406. The first-order valence-electron chi connectivity index (χ1n) is 5.31. The second-order valence-electron chi connectivity index (χ2n) is 3.72. The van der Waals surface area contributed by atoms with E-state index in [4.69, 9.17) is 4.74 Å². The van der Waals surface area contributed by atoms with E-state index in [2.05, 4.69) is 35.6 Å². The molecule has 2 nitrogen and oxygen atoms in total. The van der Waals surface area contributed by atoms with Crippen LogP contribution in [0, 0.1) is 0 Å². The maximum absolute atomic E-state index is 5.64. The molecular formula is C12H17NO. The Morgan fingerprint density at radius 3 is 2.86 bits per heavy atom. The van der Waals surface area contributed by atoms with Crippen LogP contribution in [0.25, 0.3) is 0 Å². The number of aryl methyl sites for hydroxylation is 1. The molecule has 0 aromatic heterocycles. The van der Waals surface area contributed by atoms with Gasteiger partial charge in [-0.3, -0.25) is 0 Å². The monoisotopic (exact) mass is 191 g/mol. The average molecular weight is 191 g/mol. The number of morpholine rings is 1. The molecule has 1 unspecified atom stereocenters. The number of hydrogen-bond donors (Lipinski definition) is 1. The van der Waals surface area contributed by atoms with Gasteiger partial charge in [0.05, 0.1) is 12.7 Å². The molecule has 0 saturated carbocycles. The highest BCUT2D eigenvalue weighted by Gasteiger charge is 2.12. The zero-order chi connectivity index (χ0) is 9.64. The van der Waals surface area contributed by atoms with E-state index in [0.717, 1.165) is 32.5 Å². The Labute approximate surface area is 85.3 Å². The molecule has 0 bridgehead atoms. The molecule has 1 aromatic rings. The van der Waals surface area contributed by atoms with E-state index in [1.165, 1.54) is 5.56 Å². The minimum Gasteiger partial charge on any atom is -0.376 e. The van der Waals surface area contributed by atoms with Gasteiger partial charge >= 0.3 is 0 Å². The van der Waals surface area contributed by atoms with E-state index < -0.39 is 0 Å². The highest BCUT2D eigenvalue weighted by atomic mass is 16.5. The Kier molecular flexibility index (Phi) is 3.55. The number of hydrogen-bond acceptors (Lipinski definition) is 2. The third-order valence-corrected chi connectivity index (χ3v) is 2.60. The molecule has 0 spiro atoms. The number of benzene rings is 1. The van der Waals surface area contributed by atoms with Gasteiger partial charge in [-0.15, -0.1) is 0 Å². The van der Waals surface area contributed by atoms with Gasteiger partial charge in [0.1, 0.15) is 0 Å². The largest absolute Gasteiger partial charge is 0.376 e. The summed E-state index contributed by atoms with van der Waals surface area (Å²) in [6, 6.07) is 10.6. The Bertz CT molecular complexity index is 254. The molecule has 14 heavy (non-hydrogen) atoms. The van der Waals surface area contributed by atoms with Gasteiger partial charge in [0, 0.05) is 13.1 Å². The number of nitrogens with one attached hydrogen (secondary N) is 1. The van der Waals surface area contributed by atoms with Crippen molar-refractivity contribution in [2.24, 2.45) is 0 Å². The van der Waals surface area contributed by atoms with Crippen LogP contribution in [0.5, 0.6) is 0 Å². The predicted octanol–water partition coefficient (Wildman–Crippen LogP) is 1.61. The molecule has 0 radical (unpaired) electrons. The number of ether oxygens (including phenoxy) is 1. The van der Waals surface area contributed by atoms with Crippen LogP contribution in [0.1, 0.15) is 12.0 Å². The van der Waals surface area contributed by atoms with Gasteiger partial charge in [0.2, 0.25) is 0 Å². The Hall–Kier alpha value is -0.860. The summed E-state index contributed by atoms with van der Waals surface area (Å²) in [7, 11) is 0. The van der Waals surface area contributed by atoms with Crippen LogP contribution in [0.3, 0.4) is 0 Å². The van der Waals surface area contributed by atoms with Crippen molar-refractivity contribution in [1.29, 1.82) is 0 Å². The third-order valence-electron chi connectivity index (χ3n) is 2.60. The van der Waals surface area contributed by atoms with Crippen molar-refractivity contribution in [3.63, 3.8) is 0 Å². The molecule has 2 heteroatoms. The standard InChI is InChI=1S/C12H17NO/c1-2-4-11(5-3-1)6-7-12-10-13-8-9-14-12/h1-5,12-13H,6-10H2. The second-order valence-corrected chi connectivity index (χ2v) is 3.72. The van der Waals surface area contributed by atoms with E-state index in [-0.39, 0.29) is 0 Å². The lowest BCUT2D eigenvalue weighted by Gasteiger charge is -2.23. The van der Waals surface area contributed by atoms with Crippen molar-refractivity contribution < 1.29 is 4.74 Å². The molecule has 2 rings (SSSR count). The molecule has 0 aliphatic carbocycles. The fourth-order valence-corrected chi connectivity index (χ4v) is 1.78. The highest BCUT2D eigenvalue weighted by Crippen LogP contribution is 2.08. The predicted molar refractivity (Wildman–Crippen MR) is 57.4 cm³/mol. The van der Waals surface area contributed by atoms with E-state index in [1.807, 2.05) is 0 Å². The minimum atomic E-state index is 0.406. The Morgan fingerprint density at radius 2 is 2.14 bits per heavy atom. The third kappa shape index (κ3) is 2.82. The first-order valence-corrected chi connectivity index (χ1v) is 5.31. The van der Waals surface area contributed by atoms with Gasteiger partial charge < -0.3 is 10.1 Å². The van der Waals surface area contributed by atoms with Crippen LogP contribution in [-0.4, -0.2) is 25.8 Å². The van der Waals surface area contributed by atoms with Crippen molar-refractivity contribution in [1.82, 2.24) is 5.32 Å². The highest BCUT2D eigenvalue weighted by molar-refractivity contribution is 5.14. The van der Waals surface area contributed by atoms with Crippen LogP contribution >= 0.6 is 0 Å². The van der Waals surface area contributed by atoms with Crippen LogP contribution in [0.4, 0.5) is 0 Å². The molecule has 1 N–H and O–H groups in total. The van der Waals surface area contributed by atoms with Crippen molar-refractivity contribution in [2.45, 2.75) is 18.9 Å². The smallest absolute Gasteiger partial charge is 0.0703 e. The molecule has 1 heterocycles. The zero-order valence-electron chi connectivity index (χ0n) is 8.41. The SMILES string of the molecule is c1ccc(CCC2CNCCO2)cc1. The fraction of sp³-hybridized carbons (Fsp3) is 0.500. The Balaban J connectivity index is 1.76. The lowest BCUT2D eigenvalue weighted by molar-refractivity contribution is 0.0238. The van der Waals surface area contributed by atoms with Gasteiger partial charge in [-0.1, -0.05) is 30.3 Å². The van der Waals surface area contributed by atoms with Gasteiger partial charge in [0.15, 0.2) is 0 Å². The summed E-state index contributed by atoms with van der Waals surface area (Å²) < 4.78 is 5.64. The van der Waals surface area contributed by atoms with Gasteiger partial charge in [-0.2, -0.15) is 0 Å². The zero-order valence-corrected chi connectivity index (χ0v) is 8.41. The lowest BCUT2D eigenvalue weighted by atomic mass is 10.1. The second kappa shape index (κ2) is 5.13. The van der Waals surface area contributed by atoms with Crippen LogP contribution in [-0.2, 0) is 11.2 Å². The maximum atomic E-state index is 5.64. The lowest BCUT2D eigenvalue weighted by Crippen LogP contribution is -2.38. The topological polar surface area (TPSA) is 21.3 Å². The first-order chi connectivity index (χ1) is 6.95. The molecule has 1 saturated heterocycles. The summed E-state index contributed by atoms with van der Waals surface area (Å²) in [6.07, 6.45) is 2.65. The molecule has 0 amide bonds. The molecule has 1 fully saturated rings. The van der Waals surface area contributed by atoms with Gasteiger partial charge in [0.25, 0.3) is 0 Å². The summed E-state index contributed by atoms with van der Waals surface area (Å²) in [5, 5.41) is 3.35. The first kappa shape index (κ1) is 9.69. The van der Waals surface area contributed by atoms with Crippen molar-refractivity contribution in [3.05, 3.63) is 35.9 Å². The Morgan fingerprint density at radius 1 is 1.29 bits per heavy atom. The van der Waals surface area contributed by atoms with Gasteiger partial charge in [-0.25, -0.2) is 0 Å². The van der Waals surface area contributed by atoms with Crippen molar-refractivity contribution >= 4 is 0 Å². The van der Waals surface area contributed by atoms with E-state index in [1.54, 1.807) is 0 Å². The van der Waals surface area contributed by atoms with Crippen LogP contribution in [0.15, 0.2) is 30.3 Å². The molecule has 1 aliphatic rings. The molecule has 1 aliphatic heterocycles. The number of rotatable bonds is 3. The van der Waals surface area contributed by atoms with E-state index in [0.29, 0.717) is 6.10 Å². The summed E-state index contributed by atoms with van der Waals surface area (Å²) in [6.45, 7) is 2.87. The van der Waals surface area contributed by atoms with Crippen molar-refractivity contribution in [3.8, 4) is 0 Å². The molecule has 1 atom stereocenters. The van der Waals surface area contributed by atoms with Gasteiger partial charge in [-0.05, 0) is 18.4 Å². The van der Waals surface area contributed by atoms with Crippen LogP contribution in [0.2, 0.25) is 0 Å².